The maximum atomic E-state index is 12.6. The maximum absolute atomic E-state index is 12.6. The fourth-order valence-corrected chi connectivity index (χ4v) is 3.97. The van der Waals surface area contributed by atoms with Crippen molar-refractivity contribution >= 4 is 11.7 Å². The molecule has 2 aromatic rings. The number of aromatic nitrogens is 4. The lowest BCUT2D eigenvalue weighted by atomic mass is 9.92. The van der Waals surface area contributed by atoms with Crippen LogP contribution in [0.4, 0.5) is 5.82 Å². The quantitative estimate of drug-likeness (QED) is 0.893. The number of nitrogens with zero attached hydrogens (tertiary/aromatic N) is 5. The number of hydrogen-bond acceptors (Lipinski definition) is 5. The van der Waals surface area contributed by atoms with Crippen LogP contribution in [0.25, 0.3) is 0 Å². The number of aromatic amines is 1. The van der Waals surface area contributed by atoms with Gasteiger partial charge < -0.3 is 9.80 Å². The zero-order valence-corrected chi connectivity index (χ0v) is 15.9. The number of likely N-dealkylation sites (tertiary alicyclic amines) is 1. The van der Waals surface area contributed by atoms with Crippen molar-refractivity contribution in [1.82, 2.24) is 25.1 Å². The Morgan fingerprint density at radius 2 is 1.81 bits per heavy atom. The maximum Gasteiger partial charge on any atom is 0.274 e. The van der Waals surface area contributed by atoms with E-state index in [0.29, 0.717) is 17.5 Å². The average Bonchev–Trinajstić information content (AvgIpc) is 3.27. The summed E-state index contributed by atoms with van der Waals surface area (Å²) in [4.78, 5) is 25.8. The molecule has 4 rings (SSSR count). The molecular weight excluding hydrogens is 328 g/mol. The number of carbonyl (C=O) groups is 1. The van der Waals surface area contributed by atoms with Crippen LogP contribution in [0.2, 0.25) is 0 Å². The third-order valence-corrected chi connectivity index (χ3v) is 5.44. The highest BCUT2D eigenvalue weighted by Crippen LogP contribution is 2.34. The van der Waals surface area contributed by atoms with E-state index in [-0.39, 0.29) is 11.3 Å². The van der Waals surface area contributed by atoms with E-state index >= 15 is 0 Å². The molecular formula is C19H26N6O. The highest BCUT2D eigenvalue weighted by atomic mass is 16.2. The van der Waals surface area contributed by atoms with Crippen molar-refractivity contribution in [3.05, 3.63) is 35.5 Å². The topological polar surface area (TPSA) is 78.0 Å². The van der Waals surface area contributed by atoms with Gasteiger partial charge in [0.1, 0.15) is 17.8 Å². The molecule has 2 saturated heterocycles. The van der Waals surface area contributed by atoms with Crippen molar-refractivity contribution in [2.45, 2.75) is 33.1 Å². The van der Waals surface area contributed by atoms with Crippen molar-refractivity contribution in [2.75, 3.05) is 31.1 Å². The van der Waals surface area contributed by atoms with E-state index in [1.807, 2.05) is 17.9 Å². The molecule has 0 saturated carbocycles. The van der Waals surface area contributed by atoms with Crippen LogP contribution in [-0.2, 0) is 5.41 Å². The number of nitrogens with one attached hydrogen (secondary N) is 1. The van der Waals surface area contributed by atoms with Crippen LogP contribution in [0.1, 0.15) is 42.6 Å². The van der Waals surface area contributed by atoms with E-state index in [9.17, 15) is 4.79 Å². The van der Waals surface area contributed by atoms with E-state index in [1.165, 1.54) is 0 Å². The molecule has 1 amide bonds. The van der Waals surface area contributed by atoms with E-state index in [4.69, 9.17) is 0 Å². The largest absolute Gasteiger partial charge is 0.356 e. The monoisotopic (exact) mass is 354 g/mol. The Balaban J connectivity index is 1.43. The Morgan fingerprint density at radius 1 is 1.12 bits per heavy atom. The predicted octanol–water partition coefficient (Wildman–Crippen LogP) is 2.01. The van der Waals surface area contributed by atoms with Gasteiger partial charge in [0.2, 0.25) is 0 Å². The standard InChI is InChI=1S/C19H26N6O/c1-12-5-15(23-22-12)18(26)25-9-13-7-24(8-14(13)10-25)17-6-16(19(2,3)4)20-11-21-17/h5-6,11,13-14H,7-10H2,1-4H3,(H,22,23). The summed E-state index contributed by atoms with van der Waals surface area (Å²) in [5.74, 6) is 2.02. The summed E-state index contributed by atoms with van der Waals surface area (Å²) >= 11 is 0. The lowest BCUT2D eigenvalue weighted by Gasteiger charge is -2.24. The first-order chi connectivity index (χ1) is 12.3. The zero-order chi connectivity index (χ0) is 18.5. The molecule has 7 heteroatoms. The minimum atomic E-state index is 0.0121. The first-order valence-electron chi connectivity index (χ1n) is 9.20. The van der Waals surface area contributed by atoms with Gasteiger partial charge in [-0.1, -0.05) is 20.8 Å². The van der Waals surface area contributed by atoms with Gasteiger partial charge in [-0.25, -0.2) is 9.97 Å². The Morgan fingerprint density at radius 3 is 2.38 bits per heavy atom. The van der Waals surface area contributed by atoms with Crippen LogP contribution in [0.15, 0.2) is 18.5 Å². The second-order valence-corrected chi connectivity index (χ2v) is 8.58. The number of rotatable bonds is 2. The number of H-pyrrole nitrogens is 1. The summed E-state index contributed by atoms with van der Waals surface area (Å²) in [6.07, 6.45) is 1.67. The molecule has 2 atom stereocenters. The molecule has 4 heterocycles. The fourth-order valence-electron chi connectivity index (χ4n) is 3.97. The molecule has 0 spiro atoms. The number of carbonyl (C=O) groups excluding carboxylic acids is 1. The smallest absolute Gasteiger partial charge is 0.274 e. The molecule has 138 valence electrons. The molecule has 1 N–H and O–H groups in total. The summed E-state index contributed by atoms with van der Waals surface area (Å²) in [5.41, 5.74) is 2.51. The molecule has 0 aliphatic carbocycles. The van der Waals surface area contributed by atoms with E-state index < -0.39 is 0 Å². The van der Waals surface area contributed by atoms with Crippen LogP contribution in [0.3, 0.4) is 0 Å². The summed E-state index contributed by atoms with van der Waals surface area (Å²) < 4.78 is 0. The molecule has 2 aliphatic heterocycles. The molecule has 2 unspecified atom stereocenters. The lowest BCUT2D eigenvalue weighted by Crippen LogP contribution is -2.33. The van der Waals surface area contributed by atoms with Gasteiger partial charge in [0.05, 0.1) is 5.69 Å². The minimum Gasteiger partial charge on any atom is -0.356 e. The first-order valence-corrected chi connectivity index (χ1v) is 9.20. The SMILES string of the molecule is Cc1cc(C(=O)N2CC3CN(c4cc(C(C)(C)C)ncn4)CC3C2)n[nH]1. The third-order valence-electron chi connectivity index (χ3n) is 5.44. The highest BCUT2D eigenvalue weighted by Gasteiger charge is 2.42. The minimum absolute atomic E-state index is 0.0121. The normalized spacial score (nSPS) is 22.8. The van der Waals surface area contributed by atoms with Gasteiger partial charge in [0.15, 0.2) is 0 Å². The van der Waals surface area contributed by atoms with Crippen LogP contribution < -0.4 is 4.90 Å². The van der Waals surface area contributed by atoms with Crippen LogP contribution in [-0.4, -0.2) is 57.2 Å². The number of anilines is 1. The molecule has 2 aliphatic rings. The molecule has 2 fully saturated rings. The number of amides is 1. The third kappa shape index (κ3) is 3.06. The lowest BCUT2D eigenvalue weighted by molar-refractivity contribution is 0.0776. The molecule has 0 aromatic carbocycles. The van der Waals surface area contributed by atoms with E-state index in [2.05, 4.69) is 51.9 Å². The predicted molar refractivity (Wildman–Crippen MR) is 99.2 cm³/mol. The van der Waals surface area contributed by atoms with Gasteiger partial charge in [-0.2, -0.15) is 5.10 Å². The van der Waals surface area contributed by atoms with Crippen molar-refractivity contribution in [1.29, 1.82) is 0 Å². The number of hydrogen-bond donors (Lipinski definition) is 1. The van der Waals surface area contributed by atoms with Crippen LogP contribution in [0.5, 0.6) is 0 Å². The Labute approximate surface area is 153 Å². The molecule has 26 heavy (non-hydrogen) atoms. The average molecular weight is 354 g/mol. The molecule has 2 aromatic heterocycles. The van der Waals surface area contributed by atoms with Crippen molar-refractivity contribution in [2.24, 2.45) is 11.8 Å². The highest BCUT2D eigenvalue weighted by molar-refractivity contribution is 5.92. The molecule has 0 bridgehead atoms. The second kappa shape index (κ2) is 6.07. The van der Waals surface area contributed by atoms with Crippen molar-refractivity contribution in [3.63, 3.8) is 0 Å². The second-order valence-electron chi connectivity index (χ2n) is 8.58. The van der Waals surface area contributed by atoms with Gasteiger partial charge >= 0.3 is 0 Å². The summed E-state index contributed by atoms with van der Waals surface area (Å²) in [6.45, 7) is 11.9. The van der Waals surface area contributed by atoms with Crippen LogP contribution >= 0.6 is 0 Å². The molecule has 0 radical (unpaired) electrons. The number of fused-ring (bicyclic) bond motifs is 1. The Kier molecular flexibility index (Phi) is 3.97. The molecule has 7 nitrogen and oxygen atoms in total. The Hall–Kier alpha value is -2.44. The van der Waals surface area contributed by atoms with Gasteiger partial charge in [0, 0.05) is 55.2 Å². The fraction of sp³-hybridized carbons (Fsp3) is 0.579. The summed E-state index contributed by atoms with van der Waals surface area (Å²) in [7, 11) is 0. The van der Waals surface area contributed by atoms with Gasteiger partial charge in [-0.15, -0.1) is 0 Å². The van der Waals surface area contributed by atoms with Gasteiger partial charge in [-0.3, -0.25) is 9.89 Å². The van der Waals surface area contributed by atoms with Gasteiger partial charge in [-0.05, 0) is 13.0 Å². The van der Waals surface area contributed by atoms with E-state index in [0.717, 1.165) is 43.4 Å². The van der Waals surface area contributed by atoms with Crippen LogP contribution in [0, 0.1) is 18.8 Å². The summed E-state index contributed by atoms with van der Waals surface area (Å²) in [5, 5.41) is 6.96. The first kappa shape index (κ1) is 17.0. The van der Waals surface area contributed by atoms with E-state index in [1.54, 1.807) is 6.33 Å². The zero-order valence-electron chi connectivity index (χ0n) is 15.9. The summed E-state index contributed by atoms with van der Waals surface area (Å²) in [6, 6.07) is 3.92. The van der Waals surface area contributed by atoms with Crippen molar-refractivity contribution < 1.29 is 4.79 Å². The van der Waals surface area contributed by atoms with Crippen molar-refractivity contribution in [3.8, 4) is 0 Å². The number of aryl methyl sites for hydroxylation is 1. The van der Waals surface area contributed by atoms with Gasteiger partial charge in [0.25, 0.3) is 5.91 Å². The Bertz CT molecular complexity index is 809.